The Morgan fingerprint density at radius 2 is 1.10 bits per heavy atom. The minimum atomic E-state index is -0.649. The number of pyridine rings is 2. The molecule has 27 heteroatoms. The molecule has 1 aliphatic heterocycles. The van der Waals surface area contributed by atoms with Crippen LogP contribution >= 0.6 is 15.9 Å². The summed E-state index contributed by atoms with van der Waals surface area (Å²) in [6.45, 7) is 25.9. The van der Waals surface area contributed by atoms with Crippen LogP contribution in [0.3, 0.4) is 0 Å². The Labute approximate surface area is 501 Å². The third-order valence-corrected chi connectivity index (χ3v) is 12.4. The number of hydrogen-bond acceptors (Lipinski definition) is 18. The van der Waals surface area contributed by atoms with Crippen LogP contribution in [-0.2, 0) is 59.9 Å². The molecule has 8 aromatic heterocycles. The number of nitrogens with one attached hydrogen (secondary N) is 2. The third-order valence-electron chi connectivity index (χ3n) is 12.0. The van der Waals surface area contributed by atoms with Crippen molar-refractivity contribution in [1.29, 1.82) is 0 Å². The van der Waals surface area contributed by atoms with Crippen LogP contribution in [0.4, 0.5) is 21.0 Å². The van der Waals surface area contributed by atoms with Gasteiger partial charge in [0.05, 0.1) is 72.0 Å². The van der Waals surface area contributed by atoms with E-state index >= 15 is 0 Å². The summed E-state index contributed by atoms with van der Waals surface area (Å²) in [5, 5.41) is 22.8. The van der Waals surface area contributed by atoms with Crippen LogP contribution < -0.4 is 16.1 Å². The molecule has 24 nitrogen and oxygen atoms in total. The molecule has 9 heterocycles. The Hall–Kier alpha value is -7.45. The molecule has 0 aromatic carbocycles. The Bertz CT molecular complexity index is 3400. The van der Waals surface area contributed by atoms with Gasteiger partial charge in [0.2, 0.25) is 0 Å². The molecule has 1 saturated heterocycles. The summed E-state index contributed by atoms with van der Waals surface area (Å²) in [5.74, 6) is -0.133. The van der Waals surface area contributed by atoms with Crippen LogP contribution in [0, 0.1) is 0 Å². The van der Waals surface area contributed by atoms with Gasteiger partial charge in [-0.15, -0.1) is 0 Å². The number of anilines is 2. The number of furan rings is 2. The van der Waals surface area contributed by atoms with Crippen molar-refractivity contribution in [3.8, 4) is 34.1 Å². The maximum Gasteiger partial charge on any atom is 0.498 e. The minimum Gasteiger partial charge on any atom is -0.451 e. The van der Waals surface area contributed by atoms with E-state index in [1.165, 1.54) is 12.4 Å². The number of hydrogen-bond donors (Lipinski definition) is 2. The van der Waals surface area contributed by atoms with E-state index in [9.17, 15) is 19.2 Å². The second-order valence-corrected chi connectivity index (χ2v) is 22.0. The van der Waals surface area contributed by atoms with Gasteiger partial charge in [-0.05, 0) is 148 Å². The molecule has 0 spiro atoms. The molecular weight excluding hydrogens is 1170 g/mol. The molecule has 0 atom stereocenters. The average Bonchev–Trinajstić information content (AvgIpc) is 4.47. The Morgan fingerprint density at radius 3 is 1.54 bits per heavy atom. The first-order valence-corrected chi connectivity index (χ1v) is 27.1. The molecule has 83 heavy (non-hydrogen) atoms. The van der Waals surface area contributed by atoms with E-state index in [4.69, 9.17) is 37.1 Å². The number of carbonyl (C=O) groups excluding carboxylic acids is 4. The van der Waals surface area contributed by atoms with Crippen LogP contribution in [0.15, 0.2) is 124 Å². The summed E-state index contributed by atoms with van der Waals surface area (Å²) in [6, 6.07) is 17.5. The van der Waals surface area contributed by atoms with Gasteiger partial charge in [-0.1, -0.05) is 12.1 Å². The zero-order chi connectivity index (χ0) is 59.4. The van der Waals surface area contributed by atoms with Gasteiger partial charge in [0.15, 0.2) is 16.2 Å². The quantitative estimate of drug-likeness (QED) is 0.0672. The normalized spacial score (nSPS) is 13.4. The molecule has 9 rings (SSSR count). The molecule has 1 aliphatic rings. The van der Waals surface area contributed by atoms with E-state index in [0.717, 1.165) is 9.36 Å². The van der Waals surface area contributed by atoms with Gasteiger partial charge in [0.1, 0.15) is 28.4 Å². The van der Waals surface area contributed by atoms with E-state index in [1.807, 2.05) is 98.7 Å². The maximum absolute atomic E-state index is 13.0. The summed E-state index contributed by atoms with van der Waals surface area (Å²) >= 11 is 3.19. The predicted octanol–water partition coefficient (Wildman–Crippen LogP) is 10.0. The Balaban J connectivity index is 0.000000207. The predicted molar refractivity (Wildman–Crippen MR) is 307 cm³/mol. The van der Waals surface area contributed by atoms with E-state index in [0.29, 0.717) is 95.1 Å². The minimum absolute atomic E-state index is 0. The summed E-state index contributed by atoms with van der Waals surface area (Å²) in [4.78, 5) is 58.2. The fourth-order valence-corrected chi connectivity index (χ4v) is 7.67. The van der Waals surface area contributed by atoms with Crippen LogP contribution in [-0.4, -0.2) is 129 Å². The molecule has 1 fully saturated rings. The van der Waals surface area contributed by atoms with Gasteiger partial charge in [-0.3, -0.25) is 28.9 Å². The monoisotopic (exact) mass is 1240 g/mol. The van der Waals surface area contributed by atoms with Crippen LogP contribution in [0.2, 0.25) is 0 Å². The van der Waals surface area contributed by atoms with Crippen molar-refractivity contribution in [1.82, 2.24) is 49.1 Å². The molecule has 0 aliphatic carbocycles. The molecule has 0 unspecified atom stereocenters. The molecule has 8 aromatic rings. The standard InChI is InChI=1S/C25H28N6O5.C17H17BrN4O3.C14H23BN2O4.V/c1-5-34-13-12-30-16-19(22(29-30)18-8-6-7-11-26-18)28-23(32)21-10-9-20(35-21)17-14-27-31(15-17)24(33)36-25(2,3)4;1-2-24-10-9-22-11-13(16(21-22)12-5-3-4-8-19-12)20-17(23)14-6-7-15(18)25-14;1-12(2,3)19-11(18)17-9-10(8-16-17)15-20-13(4,5)14(6,7)21-15;/h6-11,14-16H,5,12-13H2,1-4H3,(H,28,32);3-8,11H,2,9-10H2,1H3,(H,20,23);8-9H,1-7H3;. The smallest absolute Gasteiger partial charge is 0.451 e. The summed E-state index contributed by atoms with van der Waals surface area (Å²) < 4.78 is 50.4. The van der Waals surface area contributed by atoms with Crippen molar-refractivity contribution >= 4 is 63.9 Å². The molecular formula is C56H68BBrN12O12V. The summed E-state index contributed by atoms with van der Waals surface area (Å²) in [6.07, 6.45) is 11.8. The van der Waals surface area contributed by atoms with Crippen LogP contribution in [0.5, 0.6) is 0 Å². The fraction of sp³-hybridized carbons (Fsp3) is 0.393. The summed E-state index contributed by atoms with van der Waals surface area (Å²) in [7, 11) is -0.536. The van der Waals surface area contributed by atoms with Crippen LogP contribution in [0.25, 0.3) is 34.1 Å². The molecule has 2 N–H and O–H groups in total. The second-order valence-electron chi connectivity index (χ2n) is 21.2. The zero-order valence-electron chi connectivity index (χ0n) is 48.4. The van der Waals surface area contributed by atoms with Gasteiger partial charge < -0.3 is 47.7 Å². The van der Waals surface area contributed by atoms with Gasteiger partial charge in [0, 0.05) is 80.6 Å². The Kier molecular flexibility index (Phi) is 22.0. The first-order valence-electron chi connectivity index (χ1n) is 26.3. The SMILES string of the molecule is CC(C)(C)OC(=O)n1cc(B2OC(C)(C)C(C)(C)O2)cn1.CCOCCn1cc(NC(=O)c2ccc(-c3cnn(C(=O)OC(C)(C)C)c3)o2)c(-c2ccccn2)n1.CCOCCn1cc(NC(=O)c2ccc(Br)o2)c(-c2ccccn2)n1.[V]. The van der Waals surface area contributed by atoms with Crippen molar-refractivity contribution in [3.63, 3.8) is 0 Å². The van der Waals surface area contributed by atoms with E-state index < -0.39 is 47.6 Å². The topological polar surface area (TPSA) is 271 Å². The number of nitrogens with zero attached hydrogens (tertiary/aromatic N) is 10. The molecule has 1 radical (unpaired) electrons. The largest absolute Gasteiger partial charge is 0.498 e. The summed E-state index contributed by atoms with van der Waals surface area (Å²) in [5.41, 5.74) is 2.64. The van der Waals surface area contributed by atoms with Gasteiger partial charge in [-0.2, -0.15) is 29.8 Å². The van der Waals surface area contributed by atoms with Crippen molar-refractivity contribution in [3.05, 3.63) is 126 Å². The van der Waals surface area contributed by atoms with Gasteiger partial charge >= 0.3 is 19.3 Å². The van der Waals surface area contributed by atoms with Crippen molar-refractivity contribution < 1.29 is 74.8 Å². The molecule has 439 valence electrons. The molecule has 0 bridgehead atoms. The van der Waals surface area contributed by atoms with E-state index in [1.54, 1.807) is 91.6 Å². The van der Waals surface area contributed by atoms with Gasteiger partial charge in [-0.25, -0.2) is 9.59 Å². The second kappa shape index (κ2) is 28.2. The van der Waals surface area contributed by atoms with Crippen molar-refractivity contribution in [2.75, 3.05) is 37.1 Å². The van der Waals surface area contributed by atoms with Crippen molar-refractivity contribution in [2.45, 2.75) is 119 Å². The zero-order valence-corrected chi connectivity index (χ0v) is 51.4. The first-order chi connectivity index (χ1) is 38.8. The number of rotatable bonds is 16. The average molecular weight is 1240 g/mol. The number of amides is 2. The first kappa shape index (κ1) is 64.7. The van der Waals surface area contributed by atoms with E-state index in [2.05, 4.69) is 56.9 Å². The van der Waals surface area contributed by atoms with Crippen molar-refractivity contribution in [2.24, 2.45) is 0 Å². The number of aromatic nitrogens is 10. The van der Waals surface area contributed by atoms with Gasteiger partial charge in [0.25, 0.3) is 11.8 Å². The molecule has 0 saturated carbocycles. The number of carbonyl (C=O) groups is 4. The third kappa shape index (κ3) is 18.0. The number of ether oxygens (including phenoxy) is 4. The van der Waals surface area contributed by atoms with Crippen LogP contribution in [0.1, 0.15) is 104 Å². The Morgan fingerprint density at radius 1 is 0.627 bits per heavy atom. The molecule has 2 amide bonds. The fourth-order valence-electron chi connectivity index (χ4n) is 7.37. The maximum atomic E-state index is 13.0. The van der Waals surface area contributed by atoms with E-state index in [-0.39, 0.29) is 36.0 Å². The number of halogens is 1.